The molecule has 0 aliphatic carbocycles. The van der Waals surface area contributed by atoms with E-state index >= 15 is 0 Å². The maximum Gasteiger partial charge on any atom is 0.494 e. The maximum absolute atomic E-state index is 12.5. The van der Waals surface area contributed by atoms with Crippen molar-refractivity contribution >= 4 is 18.7 Å². The fourth-order valence-corrected chi connectivity index (χ4v) is 5.96. The Morgan fingerprint density at radius 2 is 1.35 bits per heavy atom. The number of piperidine rings is 2. The zero-order chi connectivity index (χ0) is 27.3. The van der Waals surface area contributed by atoms with Crippen LogP contribution in [0.4, 0.5) is 4.79 Å². The first-order valence-electron chi connectivity index (χ1n) is 14.2. The van der Waals surface area contributed by atoms with Crippen molar-refractivity contribution in [1.29, 1.82) is 0 Å². The third kappa shape index (κ3) is 6.37. The minimum atomic E-state index is -0.435. The molecule has 0 saturated carbocycles. The largest absolute Gasteiger partial charge is 0.494 e. The molecule has 3 heterocycles. The highest BCUT2D eigenvalue weighted by atomic mass is 16.7. The molecule has 3 saturated heterocycles. The smallest absolute Gasteiger partial charge is 0.444 e. The summed E-state index contributed by atoms with van der Waals surface area (Å²) in [4.78, 5) is 17.0. The van der Waals surface area contributed by atoms with Gasteiger partial charge in [-0.15, -0.1) is 0 Å². The van der Waals surface area contributed by atoms with Gasteiger partial charge in [0.05, 0.1) is 11.2 Å². The molecule has 1 amide bonds. The highest BCUT2D eigenvalue weighted by Crippen LogP contribution is 2.43. The van der Waals surface area contributed by atoms with Crippen LogP contribution in [0.25, 0.3) is 0 Å². The highest BCUT2D eigenvalue weighted by Gasteiger charge is 2.51. The average molecular weight is 513 g/mol. The molecule has 0 atom stereocenters. The molecule has 0 bridgehead atoms. The van der Waals surface area contributed by atoms with E-state index in [0.717, 1.165) is 50.9 Å². The van der Waals surface area contributed by atoms with Gasteiger partial charge in [-0.2, -0.15) is 0 Å². The first kappa shape index (κ1) is 28.4. The van der Waals surface area contributed by atoms with Crippen molar-refractivity contribution in [3.63, 3.8) is 0 Å². The molecule has 0 radical (unpaired) electrons. The molecule has 3 aliphatic heterocycles. The van der Waals surface area contributed by atoms with E-state index in [2.05, 4.69) is 70.7 Å². The summed E-state index contributed by atoms with van der Waals surface area (Å²) in [6, 6.07) is 8.80. The van der Waals surface area contributed by atoms with Gasteiger partial charge in [-0.25, -0.2) is 4.79 Å². The van der Waals surface area contributed by atoms with E-state index in [0.29, 0.717) is 5.41 Å². The topological polar surface area (TPSA) is 51.2 Å². The molecule has 1 spiro atoms. The summed E-state index contributed by atoms with van der Waals surface area (Å²) in [5.74, 6) is 0. The molecule has 0 unspecified atom stereocenters. The van der Waals surface area contributed by atoms with Gasteiger partial charge < -0.3 is 18.9 Å². The van der Waals surface area contributed by atoms with Crippen LogP contribution in [0.2, 0.25) is 0 Å². The van der Waals surface area contributed by atoms with Crippen LogP contribution < -0.4 is 5.46 Å². The van der Waals surface area contributed by atoms with Crippen molar-refractivity contribution in [3.8, 4) is 0 Å². The van der Waals surface area contributed by atoms with Crippen LogP contribution in [0.1, 0.15) is 93.6 Å². The van der Waals surface area contributed by atoms with E-state index in [1.165, 1.54) is 18.4 Å². The number of hydrogen-bond acceptors (Lipinski definition) is 5. The van der Waals surface area contributed by atoms with Crippen molar-refractivity contribution in [2.24, 2.45) is 5.41 Å². The van der Waals surface area contributed by atoms with Crippen LogP contribution >= 0.6 is 0 Å². The predicted molar refractivity (Wildman–Crippen MR) is 150 cm³/mol. The first-order valence-corrected chi connectivity index (χ1v) is 14.2. The average Bonchev–Trinajstić information content (AvgIpc) is 3.00. The molecule has 0 aromatic heterocycles. The second-order valence-electron chi connectivity index (χ2n) is 14.3. The Morgan fingerprint density at radius 3 is 1.84 bits per heavy atom. The zero-order valence-corrected chi connectivity index (χ0v) is 24.8. The Balaban J connectivity index is 1.29. The lowest BCUT2D eigenvalue weighted by molar-refractivity contribution is -0.0161. The van der Waals surface area contributed by atoms with Gasteiger partial charge in [0.25, 0.3) is 0 Å². The van der Waals surface area contributed by atoms with Crippen LogP contribution in [0.5, 0.6) is 0 Å². The molecule has 3 aliphatic rings. The normalized spacial score (nSPS) is 23.9. The summed E-state index contributed by atoms with van der Waals surface area (Å²) in [7, 11) is -0.313. The van der Waals surface area contributed by atoms with Gasteiger partial charge in [0.15, 0.2) is 0 Å². The molecule has 1 aromatic carbocycles. The quantitative estimate of drug-likeness (QED) is 0.505. The zero-order valence-electron chi connectivity index (χ0n) is 24.8. The molecule has 3 fully saturated rings. The summed E-state index contributed by atoms with van der Waals surface area (Å²) in [5, 5.41) is 0. The lowest BCUT2D eigenvalue weighted by atomic mass is 9.70. The third-order valence-electron chi connectivity index (χ3n) is 9.30. The SMILES string of the molecule is CC(C)(C)OC(=O)N1CCC2(CC1)CCN(C(C)(C)Cc1ccc(B3OC(C)(C)C(C)(C)O3)cc1)CC2. The van der Waals surface area contributed by atoms with Gasteiger partial charge in [0.1, 0.15) is 5.60 Å². The molecule has 206 valence electrons. The summed E-state index contributed by atoms with van der Waals surface area (Å²) in [6.45, 7) is 22.8. The Labute approximate surface area is 225 Å². The van der Waals surface area contributed by atoms with Gasteiger partial charge in [-0.05, 0) is 124 Å². The maximum atomic E-state index is 12.5. The molecule has 4 rings (SSSR count). The van der Waals surface area contributed by atoms with E-state index in [1.54, 1.807) is 0 Å². The van der Waals surface area contributed by atoms with Gasteiger partial charge in [0, 0.05) is 18.6 Å². The number of carbonyl (C=O) groups is 1. The van der Waals surface area contributed by atoms with Gasteiger partial charge in [-0.3, -0.25) is 4.90 Å². The number of amides is 1. The standard InChI is InChI=1S/C30H49BN2O4/c1-26(2,3)35-25(34)32-18-14-30(15-19-32)16-20-33(21-17-30)27(4,5)22-23-10-12-24(13-11-23)31-36-28(6,7)29(8,9)37-31/h10-13H,14-22H2,1-9H3. The summed E-state index contributed by atoms with van der Waals surface area (Å²) in [5.41, 5.74) is 1.80. The lowest BCUT2D eigenvalue weighted by Gasteiger charge is -2.50. The van der Waals surface area contributed by atoms with Crippen LogP contribution in [0.15, 0.2) is 24.3 Å². The van der Waals surface area contributed by atoms with Crippen LogP contribution in [0, 0.1) is 5.41 Å². The van der Waals surface area contributed by atoms with E-state index in [1.807, 2.05) is 25.7 Å². The predicted octanol–water partition coefficient (Wildman–Crippen LogP) is 5.42. The van der Waals surface area contributed by atoms with Crippen molar-refractivity contribution in [2.45, 2.75) is 117 Å². The molecular formula is C30H49BN2O4. The van der Waals surface area contributed by atoms with Gasteiger partial charge in [-0.1, -0.05) is 24.3 Å². The van der Waals surface area contributed by atoms with E-state index in [9.17, 15) is 4.79 Å². The van der Waals surface area contributed by atoms with Crippen molar-refractivity contribution < 1.29 is 18.8 Å². The Kier molecular flexibility index (Phi) is 7.59. The molecule has 0 N–H and O–H groups in total. The van der Waals surface area contributed by atoms with E-state index < -0.39 is 5.60 Å². The van der Waals surface area contributed by atoms with Crippen molar-refractivity contribution in [1.82, 2.24) is 9.80 Å². The minimum Gasteiger partial charge on any atom is -0.444 e. The number of benzene rings is 1. The number of carbonyl (C=O) groups excluding carboxylic acids is 1. The van der Waals surface area contributed by atoms with Crippen molar-refractivity contribution in [3.05, 3.63) is 29.8 Å². The fourth-order valence-electron chi connectivity index (χ4n) is 5.96. The Morgan fingerprint density at radius 1 is 0.865 bits per heavy atom. The molecule has 6 nitrogen and oxygen atoms in total. The Hall–Kier alpha value is -1.57. The van der Waals surface area contributed by atoms with Gasteiger partial charge >= 0.3 is 13.2 Å². The minimum absolute atomic E-state index is 0.0880. The second kappa shape index (κ2) is 9.88. The summed E-state index contributed by atoms with van der Waals surface area (Å²) >= 11 is 0. The highest BCUT2D eigenvalue weighted by molar-refractivity contribution is 6.62. The van der Waals surface area contributed by atoms with E-state index in [-0.39, 0.29) is 30.0 Å². The molecular weight excluding hydrogens is 463 g/mol. The number of nitrogens with zero attached hydrogens (tertiary/aromatic N) is 2. The van der Waals surface area contributed by atoms with Crippen molar-refractivity contribution in [2.75, 3.05) is 26.2 Å². The fraction of sp³-hybridized carbons (Fsp3) is 0.767. The Bertz CT molecular complexity index is 933. The third-order valence-corrected chi connectivity index (χ3v) is 9.30. The summed E-state index contributed by atoms with van der Waals surface area (Å²) < 4.78 is 18.0. The monoisotopic (exact) mass is 512 g/mol. The second-order valence-corrected chi connectivity index (χ2v) is 14.3. The number of likely N-dealkylation sites (tertiary alicyclic amines) is 2. The van der Waals surface area contributed by atoms with Crippen LogP contribution in [-0.2, 0) is 20.5 Å². The summed E-state index contributed by atoms with van der Waals surface area (Å²) in [6.07, 6.45) is 5.43. The van der Waals surface area contributed by atoms with Crippen LogP contribution in [-0.4, -0.2) is 71.5 Å². The number of hydrogen-bond donors (Lipinski definition) is 0. The first-order chi connectivity index (χ1) is 17.0. The number of rotatable bonds is 4. The molecule has 37 heavy (non-hydrogen) atoms. The van der Waals surface area contributed by atoms with Gasteiger partial charge in [0.2, 0.25) is 0 Å². The van der Waals surface area contributed by atoms with E-state index in [4.69, 9.17) is 14.0 Å². The number of ether oxygens (including phenoxy) is 1. The molecule has 1 aromatic rings. The van der Waals surface area contributed by atoms with Crippen LogP contribution in [0.3, 0.4) is 0 Å². The molecule has 7 heteroatoms. The lowest BCUT2D eigenvalue weighted by Crippen LogP contribution is -2.54.